The highest BCUT2D eigenvalue weighted by Gasteiger charge is 1.99. The van der Waals surface area contributed by atoms with Gasteiger partial charge in [-0.05, 0) is 13.0 Å². The van der Waals surface area contributed by atoms with Gasteiger partial charge in [0, 0.05) is 12.1 Å². The maximum Gasteiger partial charge on any atom is 0.157 e. The summed E-state index contributed by atoms with van der Waals surface area (Å²) in [6, 6.07) is 1.88. The first-order valence-electron chi connectivity index (χ1n) is 4.55. The summed E-state index contributed by atoms with van der Waals surface area (Å²) < 4.78 is 12.2. The van der Waals surface area contributed by atoms with Crippen LogP contribution in [0, 0.1) is 0 Å². The highest BCUT2D eigenvalue weighted by atomic mass is 16.5. The fourth-order valence-electron chi connectivity index (χ4n) is 1.13. The van der Waals surface area contributed by atoms with Gasteiger partial charge >= 0.3 is 0 Å². The molecule has 0 aromatic carbocycles. The van der Waals surface area contributed by atoms with E-state index in [-0.39, 0.29) is 0 Å². The standard InChI is InChI=1S/C10H12N2O2/c1-2-12-6-10(5-11-12)14-8-9-3-4-13-7-9/h3-7H,2,8H2,1H3. The second-order valence-corrected chi connectivity index (χ2v) is 2.95. The molecule has 0 aliphatic carbocycles. The number of nitrogens with zero attached hydrogens (tertiary/aromatic N) is 2. The average molecular weight is 192 g/mol. The van der Waals surface area contributed by atoms with Gasteiger partial charge in [0.2, 0.25) is 0 Å². The van der Waals surface area contributed by atoms with Crippen molar-refractivity contribution in [3.8, 4) is 5.75 Å². The van der Waals surface area contributed by atoms with Gasteiger partial charge in [-0.25, -0.2) is 0 Å². The van der Waals surface area contributed by atoms with Gasteiger partial charge < -0.3 is 9.15 Å². The van der Waals surface area contributed by atoms with E-state index in [2.05, 4.69) is 5.10 Å². The summed E-state index contributed by atoms with van der Waals surface area (Å²) >= 11 is 0. The molecule has 0 N–H and O–H groups in total. The van der Waals surface area contributed by atoms with E-state index in [1.165, 1.54) is 0 Å². The van der Waals surface area contributed by atoms with E-state index in [0.717, 1.165) is 17.9 Å². The van der Waals surface area contributed by atoms with Crippen LogP contribution in [0.4, 0.5) is 0 Å². The molecule has 4 heteroatoms. The number of aromatic nitrogens is 2. The van der Waals surface area contributed by atoms with E-state index in [0.29, 0.717) is 6.61 Å². The molecule has 2 heterocycles. The van der Waals surface area contributed by atoms with Crippen LogP contribution < -0.4 is 4.74 Å². The molecule has 0 aliphatic rings. The molecule has 0 saturated heterocycles. The molecule has 0 amide bonds. The third-order valence-corrected chi connectivity index (χ3v) is 1.92. The Morgan fingerprint density at radius 2 is 2.50 bits per heavy atom. The molecule has 0 spiro atoms. The van der Waals surface area contributed by atoms with Gasteiger partial charge in [-0.1, -0.05) is 0 Å². The smallest absolute Gasteiger partial charge is 0.157 e. The molecule has 0 saturated carbocycles. The number of hydrogen-bond acceptors (Lipinski definition) is 3. The summed E-state index contributed by atoms with van der Waals surface area (Å²) in [6.07, 6.45) is 6.89. The Morgan fingerprint density at radius 3 is 3.14 bits per heavy atom. The first-order chi connectivity index (χ1) is 6.88. The van der Waals surface area contributed by atoms with Crippen molar-refractivity contribution in [2.24, 2.45) is 0 Å². The normalized spacial score (nSPS) is 10.4. The second kappa shape index (κ2) is 4.00. The predicted octanol–water partition coefficient (Wildman–Crippen LogP) is 2.08. The summed E-state index contributed by atoms with van der Waals surface area (Å²) in [5.74, 6) is 0.785. The SMILES string of the molecule is CCn1cc(OCc2ccoc2)cn1. The Bertz CT molecular complexity index is 378. The number of hydrogen-bond donors (Lipinski definition) is 0. The van der Waals surface area contributed by atoms with Crippen LogP contribution in [0.1, 0.15) is 12.5 Å². The fourth-order valence-corrected chi connectivity index (χ4v) is 1.13. The van der Waals surface area contributed by atoms with Crippen LogP contribution in [0.2, 0.25) is 0 Å². The summed E-state index contributed by atoms with van der Waals surface area (Å²) in [4.78, 5) is 0. The summed E-state index contributed by atoms with van der Waals surface area (Å²) in [7, 11) is 0. The van der Waals surface area contributed by atoms with Crippen molar-refractivity contribution in [2.45, 2.75) is 20.1 Å². The van der Waals surface area contributed by atoms with Crippen LogP contribution in [-0.4, -0.2) is 9.78 Å². The third kappa shape index (κ3) is 1.96. The lowest BCUT2D eigenvalue weighted by molar-refractivity contribution is 0.304. The molecule has 0 aliphatic heterocycles. The molecular formula is C10H12N2O2. The van der Waals surface area contributed by atoms with Gasteiger partial charge in [0.15, 0.2) is 5.75 Å². The lowest BCUT2D eigenvalue weighted by Gasteiger charge is -1.99. The Balaban J connectivity index is 1.92. The summed E-state index contributed by atoms with van der Waals surface area (Å²) in [5.41, 5.74) is 1.02. The number of rotatable bonds is 4. The minimum Gasteiger partial charge on any atom is -0.485 e. The molecule has 2 aromatic rings. The lowest BCUT2D eigenvalue weighted by Crippen LogP contribution is -1.93. The van der Waals surface area contributed by atoms with Crippen LogP contribution in [0.15, 0.2) is 35.4 Å². The zero-order chi connectivity index (χ0) is 9.80. The summed E-state index contributed by atoms with van der Waals surface area (Å²) in [6.45, 7) is 3.41. The van der Waals surface area contributed by atoms with Crippen molar-refractivity contribution in [1.82, 2.24) is 9.78 Å². The lowest BCUT2D eigenvalue weighted by atomic mass is 10.4. The average Bonchev–Trinajstić information content (AvgIpc) is 2.86. The van der Waals surface area contributed by atoms with E-state index < -0.39 is 0 Å². The zero-order valence-corrected chi connectivity index (χ0v) is 8.01. The number of furan rings is 1. The van der Waals surface area contributed by atoms with Crippen molar-refractivity contribution in [1.29, 1.82) is 0 Å². The van der Waals surface area contributed by atoms with Crippen molar-refractivity contribution in [3.05, 3.63) is 36.5 Å². The molecule has 14 heavy (non-hydrogen) atoms. The van der Waals surface area contributed by atoms with Gasteiger partial charge in [0.1, 0.15) is 6.61 Å². The van der Waals surface area contributed by atoms with Gasteiger partial charge in [0.25, 0.3) is 0 Å². The Hall–Kier alpha value is -1.71. The van der Waals surface area contributed by atoms with E-state index >= 15 is 0 Å². The largest absolute Gasteiger partial charge is 0.485 e. The maximum atomic E-state index is 5.49. The van der Waals surface area contributed by atoms with Gasteiger partial charge in [-0.15, -0.1) is 0 Å². The van der Waals surface area contributed by atoms with Crippen molar-refractivity contribution >= 4 is 0 Å². The predicted molar refractivity (Wildman–Crippen MR) is 50.9 cm³/mol. The Morgan fingerprint density at radius 1 is 1.57 bits per heavy atom. The van der Waals surface area contributed by atoms with Crippen molar-refractivity contribution < 1.29 is 9.15 Å². The van der Waals surface area contributed by atoms with Gasteiger partial charge in [-0.2, -0.15) is 5.10 Å². The molecule has 0 bridgehead atoms. The molecule has 0 fully saturated rings. The Labute approximate surface area is 82.1 Å². The molecule has 4 nitrogen and oxygen atoms in total. The van der Waals surface area contributed by atoms with Crippen LogP contribution in [-0.2, 0) is 13.2 Å². The highest BCUT2D eigenvalue weighted by Crippen LogP contribution is 2.11. The first-order valence-corrected chi connectivity index (χ1v) is 4.55. The molecule has 0 atom stereocenters. The van der Waals surface area contributed by atoms with E-state index in [1.54, 1.807) is 18.7 Å². The quantitative estimate of drug-likeness (QED) is 0.744. The monoisotopic (exact) mass is 192 g/mol. The van der Waals surface area contributed by atoms with E-state index in [4.69, 9.17) is 9.15 Å². The van der Waals surface area contributed by atoms with Crippen molar-refractivity contribution in [3.63, 3.8) is 0 Å². The molecule has 0 unspecified atom stereocenters. The molecule has 2 aromatic heterocycles. The third-order valence-electron chi connectivity index (χ3n) is 1.92. The van der Waals surface area contributed by atoms with E-state index in [1.807, 2.05) is 23.9 Å². The van der Waals surface area contributed by atoms with Crippen LogP contribution in [0.25, 0.3) is 0 Å². The van der Waals surface area contributed by atoms with E-state index in [9.17, 15) is 0 Å². The van der Waals surface area contributed by atoms with Crippen LogP contribution in [0.5, 0.6) is 5.75 Å². The molecule has 0 radical (unpaired) electrons. The highest BCUT2D eigenvalue weighted by molar-refractivity contribution is 5.13. The maximum absolute atomic E-state index is 5.49. The fraction of sp³-hybridized carbons (Fsp3) is 0.300. The second-order valence-electron chi connectivity index (χ2n) is 2.95. The minimum atomic E-state index is 0.520. The van der Waals surface area contributed by atoms with Crippen molar-refractivity contribution in [2.75, 3.05) is 0 Å². The number of aryl methyl sites for hydroxylation is 1. The topological polar surface area (TPSA) is 40.2 Å². The zero-order valence-electron chi connectivity index (χ0n) is 8.01. The van der Waals surface area contributed by atoms with Crippen LogP contribution >= 0.6 is 0 Å². The summed E-state index contributed by atoms with van der Waals surface area (Å²) in [5, 5.41) is 4.10. The number of ether oxygens (including phenoxy) is 1. The molecular weight excluding hydrogens is 180 g/mol. The first kappa shape index (κ1) is 8.87. The molecule has 74 valence electrons. The minimum absolute atomic E-state index is 0.520. The van der Waals surface area contributed by atoms with Crippen LogP contribution in [0.3, 0.4) is 0 Å². The van der Waals surface area contributed by atoms with Gasteiger partial charge in [-0.3, -0.25) is 4.68 Å². The Kier molecular flexibility index (Phi) is 2.53. The van der Waals surface area contributed by atoms with Gasteiger partial charge in [0.05, 0.1) is 24.9 Å². The molecule has 2 rings (SSSR count).